The zero-order chi connectivity index (χ0) is 13.2. The van der Waals surface area contributed by atoms with Gasteiger partial charge in [0.1, 0.15) is 13.2 Å². The van der Waals surface area contributed by atoms with E-state index >= 15 is 0 Å². The van der Waals surface area contributed by atoms with E-state index in [0.717, 1.165) is 35.3 Å². The summed E-state index contributed by atoms with van der Waals surface area (Å²) in [4.78, 5) is 2.25. The molecular weight excluding hydrogens is 240 g/mol. The van der Waals surface area contributed by atoms with Crippen molar-refractivity contribution in [3.8, 4) is 11.5 Å². The highest BCUT2D eigenvalue weighted by atomic mass is 16.6. The van der Waals surface area contributed by atoms with Crippen LogP contribution in [0.5, 0.6) is 11.5 Å². The lowest BCUT2D eigenvalue weighted by molar-refractivity contribution is 0.172. The van der Waals surface area contributed by atoms with Crippen molar-refractivity contribution in [2.45, 2.75) is 25.7 Å². The van der Waals surface area contributed by atoms with Gasteiger partial charge in [0.2, 0.25) is 0 Å². The zero-order valence-corrected chi connectivity index (χ0v) is 11.5. The number of nitrogens with zero attached hydrogens (tertiary/aromatic N) is 1. The van der Waals surface area contributed by atoms with Crippen molar-refractivity contribution < 1.29 is 9.47 Å². The molecule has 19 heavy (non-hydrogen) atoms. The normalized spacial score (nSPS) is 18.6. The molecule has 0 radical (unpaired) electrons. The molecule has 1 fully saturated rings. The molecule has 104 valence electrons. The smallest absolute Gasteiger partial charge is 0.163 e. The molecule has 3 rings (SSSR count). The molecule has 1 saturated carbocycles. The van der Waals surface area contributed by atoms with Gasteiger partial charge in [-0.05, 0) is 18.8 Å². The molecule has 1 heterocycles. The van der Waals surface area contributed by atoms with Crippen LogP contribution in [-0.4, -0.2) is 26.8 Å². The second kappa shape index (κ2) is 5.19. The summed E-state index contributed by atoms with van der Waals surface area (Å²) >= 11 is 0. The van der Waals surface area contributed by atoms with E-state index in [1.54, 1.807) is 0 Å². The number of hydrogen-bond donors (Lipinski definition) is 1. The molecule has 0 unspecified atom stereocenters. The Balaban J connectivity index is 1.78. The molecule has 0 atom stereocenters. The predicted octanol–water partition coefficient (Wildman–Crippen LogP) is 2.67. The van der Waals surface area contributed by atoms with Crippen LogP contribution in [0.4, 0.5) is 11.4 Å². The monoisotopic (exact) mass is 262 g/mol. The number of anilines is 2. The second-order valence-electron chi connectivity index (χ2n) is 5.59. The highest BCUT2D eigenvalue weighted by molar-refractivity contribution is 5.73. The Hall–Kier alpha value is -1.58. The lowest BCUT2D eigenvalue weighted by Crippen LogP contribution is -2.25. The quantitative estimate of drug-likeness (QED) is 0.851. The number of rotatable bonds is 3. The molecule has 0 bridgehead atoms. The summed E-state index contributed by atoms with van der Waals surface area (Å²) < 4.78 is 11.2. The minimum Gasteiger partial charge on any atom is -0.486 e. The second-order valence-corrected chi connectivity index (χ2v) is 5.59. The number of nitrogens with two attached hydrogens (primary N) is 1. The van der Waals surface area contributed by atoms with Crippen molar-refractivity contribution >= 4 is 11.4 Å². The lowest BCUT2D eigenvalue weighted by atomic mass is 10.1. The van der Waals surface area contributed by atoms with E-state index in [0.29, 0.717) is 13.2 Å². The van der Waals surface area contributed by atoms with Crippen molar-refractivity contribution in [2.24, 2.45) is 5.92 Å². The molecule has 1 aliphatic carbocycles. The molecule has 0 amide bonds. The first-order chi connectivity index (χ1) is 9.24. The standard InChI is InChI=1S/C15H22N2O2/c1-17(10-11-4-2-3-5-11)13-9-15-14(8-12(13)16)18-6-7-19-15/h8-9,11H,2-7,10,16H2,1H3. The van der Waals surface area contributed by atoms with Crippen molar-refractivity contribution in [3.63, 3.8) is 0 Å². The topological polar surface area (TPSA) is 47.7 Å². The Kier molecular flexibility index (Phi) is 3.40. The Morgan fingerprint density at radius 1 is 1.16 bits per heavy atom. The maximum absolute atomic E-state index is 6.14. The Labute approximate surface area is 114 Å². The van der Waals surface area contributed by atoms with Gasteiger partial charge in [-0.1, -0.05) is 12.8 Å². The Morgan fingerprint density at radius 2 is 1.79 bits per heavy atom. The lowest BCUT2D eigenvalue weighted by Gasteiger charge is -2.27. The molecule has 2 aliphatic rings. The van der Waals surface area contributed by atoms with Gasteiger partial charge < -0.3 is 20.1 Å². The highest BCUT2D eigenvalue weighted by Crippen LogP contribution is 2.39. The number of hydrogen-bond acceptors (Lipinski definition) is 4. The fourth-order valence-electron chi connectivity index (χ4n) is 3.10. The van der Waals surface area contributed by atoms with Crippen LogP contribution in [0.25, 0.3) is 0 Å². The fraction of sp³-hybridized carbons (Fsp3) is 0.600. The molecular formula is C15H22N2O2. The van der Waals surface area contributed by atoms with E-state index in [9.17, 15) is 0 Å². The highest BCUT2D eigenvalue weighted by Gasteiger charge is 2.20. The summed E-state index contributed by atoms with van der Waals surface area (Å²) in [5.74, 6) is 2.38. The van der Waals surface area contributed by atoms with Crippen LogP contribution < -0.4 is 20.1 Å². The van der Waals surface area contributed by atoms with Gasteiger partial charge in [-0.15, -0.1) is 0 Å². The average Bonchev–Trinajstić information content (AvgIpc) is 2.90. The van der Waals surface area contributed by atoms with E-state index in [4.69, 9.17) is 15.2 Å². The number of benzene rings is 1. The van der Waals surface area contributed by atoms with Gasteiger partial charge in [-0.3, -0.25) is 0 Å². The number of fused-ring (bicyclic) bond motifs is 1. The molecule has 0 aromatic heterocycles. The van der Waals surface area contributed by atoms with Crippen LogP contribution in [-0.2, 0) is 0 Å². The third-order valence-electron chi connectivity index (χ3n) is 4.11. The first-order valence-electron chi connectivity index (χ1n) is 7.14. The third kappa shape index (κ3) is 2.57. The minimum atomic E-state index is 0.601. The Morgan fingerprint density at radius 3 is 2.47 bits per heavy atom. The number of ether oxygens (including phenoxy) is 2. The summed E-state index contributed by atoms with van der Waals surface area (Å²) in [6, 6.07) is 3.90. The van der Waals surface area contributed by atoms with Crippen molar-refractivity contribution in [2.75, 3.05) is 37.4 Å². The molecule has 0 spiro atoms. The van der Waals surface area contributed by atoms with Crippen LogP contribution in [0, 0.1) is 5.92 Å². The molecule has 4 heteroatoms. The van der Waals surface area contributed by atoms with Crippen molar-refractivity contribution in [1.82, 2.24) is 0 Å². The molecule has 4 nitrogen and oxygen atoms in total. The minimum absolute atomic E-state index is 0.601. The molecule has 1 aromatic rings. The number of nitrogen functional groups attached to an aromatic ring is 1. The SMILES string of the molecule is CN(CC1CCCC1)c1cc2c(cc1N)OCCO2. The van der Waals surface area contributed by atoms with E-state index in [-0.39, 0.29) is 0 Å². The molecule has 0 saturated heterocycles. The van der Waals surface area contributed by atoms with E-state index in [1.165, 1.54) is 25.7 Å². The van der Waals surface area contributed by atoms with E-state index in [2.05, 4.69) is 11.9 Å². The van der Waals surface area contributed by atoms with Gasteiger partial charge in [0.05, 0.1) is 11.4 Å². The van der Waals surface area contributed by atoms with E-state index < -0.39 is 0 Å². The van der Waals surface area contributed by atoms with Crippen LogP contribution in [0.1, 0.15) is 25.7 Å². The van der Waals surface area contributed by atoms with Gasteiger partial charge >= 0.3 is 0 Å². The van der Waals surface area contributed by atoms with Crippen LogP contribution >= 0.6 is 0 Å². The molecule has 1 aliphatic heterocycles. The summed E-state index contributed by atoms with van der Waals surface area (Å²) in [5.41, 5.74) is 7.96. The van der Waals surface area contributed by atoms with Gasteiger partial charge in [-0.25, -0.2) is 0 Å². The zero-order valence-electron chi connectivity index (χ0n) is 11.5. The maximum atomic E-state index is 6.14. The van der Waals surface area contributed by atoms with Crippen LogP contribution in [0.3, 0.4) is 0 Å². The average molecular weight is 262 g/mol. The fourth-order valence-corrected chi connectivity index (χ4v) is 3.10. The van der Waals surface area contributed by atoms with Gasteiger partial charge in [0, 0.05) is 25.7 Å². The van der Waals surface area contributed by atoms with Crippen molar-refractivity contribution in [1.29, 1.82) is 0 Å². The summed E-state index contributed by atoms with van der Waals surface area (Å²) in [7, 11) is 2.11. The van der Waals surface area contributed by atoms with Gasteiger partial charge in [0.25, 0.3) is 0 Å². The van der Waals surface area contributed by atoms with E-state index in [1.807, 2.05) is 12.1 Å². The molecule has 2 N–H and O–H groups in total. The Bertz CT molecular complexity index is 456. The van der Waals surface area contributed by atoms with Crippen LogP contribution in [0.15, 0.2) is 12.1 Å². The van der Waals surface area contributed by atoms with Gasteiger partial charge in [0.15, 0.2) is 11.5 Å². The maximum Gasteiger partial charge on any atom is 0.163 e. The van der Waals surface area contributed by atoms with Gasteiger partial charge in [-0.2, -0.15) is 0 Å². The summed E-state index contributed by atoms with van der Waals surface area (Å²) in [6.07, 6.45) is 5.42. The largest absolute Gasteiger partial charge is 0.486 e. The summed E-state index contributed by atoms with van der Waals surface area (Å²) in [6.45, 7) is 2.29. The van der Waals surface area contributed by atoms with Crippen LogP contribution in [0.2, 0.25) is 0 Å². The first kappa shape index (κ1) is 12.5. The summed E-state index contributed by atoms with van der Waals surface area (Å²) in [5, 5.41) is 0. The first-order valence-corrected chi connectivity index (χ1v) is 7.14. The predicted molar refractivity (Wildman–Crippen MR) is 77.1 cm³/mol. The van der Waals surface area contributed by atoms with Crippen molar-refractivity contribution in [3.05, 3.63) is 12.1 Å². The molecule has 1 aromatic carbocycles. The third-order valence-corrected chi connectivity index (χ3v) is 4.11.